The molecule has 0 aliphatic heterocycles. The van der Waals surface area contributed by atoms with Crippen LogP contribution in [-0.2, 0) is 11.2 Å². The Hall–Kier alpha value is -2.68. The Morgan fingerprint density at radius 2 is 1.68 bits per heavy atom. The number of carbonyl (C=O) groups excluding carboxylic acids is 1. The molecule has 112 valence electrons. The number of hydrogen-bond donors (Lipinski definition) is 1. The summed E-state index contributed by atoms with van der Waals surface area (Å²) in [5, 5.41) is 4.08. The van der Waals surface area contributed by atoms with Gasteiger partial charge in [0.25, 0.3) is 0 Å². The van der Waals surface area contributed by atoms with Gasteiger partial charge in [-0.1, -0.05) is 66.7 Å². The third-order valence-corrected chi connectivity index (χ3v) is 3.16. The summed E-state index contributed by atoms with van der Waals surface area (Å²) in [6.45, 7) is 1.86. The van der Waals surface area contributed by atoms with Crippen LogP contribution in [0.15, 0.2) is 71.8 Å². The first-order chi connectivity index (χ1) is 10.7. The number of benzene rings is 2. The molecular weight excluding hydrogens is 272 g/mol. The number of amides is 1. The third kappa shape index (κ3) is 5.75. The highest BCUT2D eigenvalue weighted by molar-refractivity contribution is 5.96. The summed E-state index contributed by atoms with van der Waals surface area (Å²) in [5.41, 5.74) is 5.61. The zero-order valence-corrected chi connectivity index (χ0v) is 12.7. The van der Waals surface area contributed by atoms with Crippen molar-refractivity contribution in [3.63, 3.8) is 0 Å². The van der Waals surface area contributed by atoms with Gasteiger partial charge in [-0.15, -0.1) is 0 Å². The fraction of sp³-hybridized carbons (Fsp3) is 0.158. The first kappa shape index (κ1) is 15.7. The molecule has 0 saturated heterocycles. The molecule has 2 aromatic carbocycles. The maximum absolute atomic E-state index is 11.8. The first-order valence-electron chi connectivity index (χ1n) is 7.34. The molecule has 0 heterocycles. The third-order valence-electron chi connectivity index (χ3n) is 3.16. The van der Waals surface area contributed by atoms with Crippen LogP contribution in [0.2, 0.25) is 0 Å². The molecular formula is C19H20N2O. The lowest BCUT2D eigenvalue weighted by Gasteiger charge is -2.01. The van der Waals surface area contributed by atoms with Crippen LogP contribution in [0.25, 0.3) is 6.08 Å². The van der Waals surface area contributed by atoms with E-state index in [0.717, 1.165) is 23.3 Å². The second-order valence-electron chi connectivity index (χ2n) is 5.02. The van der Waals surface area contributed by atoms with E-state index < -0.39 is 0 Å². The Labute approximate surface area is 131 Å². The highest BCUT2D eigenvalue weighted by atomic mass is 16.2. The molecule has 2 aromatic rings. The maximum atomic E-state index is 11.8. The maximum Gasteiger partial charge on any atom is 0.240 e. The highest BCUT2D eigenvalue weighted by Crippen LogP contribution is 2.02. The van der Waals surface area contributed by atoms with E-state index >= 15 is 0 Å². The van der Waals surface area contributed by atoms with E-state index in [1.165, 1.54) is 0 Å². The monoisotopic (exact) mass is 292 g/mol. The van der Waals surface area contributed by atoms with Gasteiger partial charge in [0.2, 0.25) is 5.91 Å². The average Bonchev–Trinajstić information content (AvgIpc) is 2.58. The van der Waals surface area contributed by atoms with E-state index in [9.17, 15) is 4.79 Å². The predicted octanol–water partition coefficient (Wildman–Crippen LogP) is 3.82. The van der Waals surface area contributed by atoms with E-state index in [-0.39, 0.29) is 5.91 Å². The lowest BCUT2D eigenvalue weighted by atomic mass is 10.1. The number of nitrogens with one attached hydrogen (secondary N) is 1. The van der Waals surface area contributed by atoms with Crippen LogP contribution in [-0.4, -0.2) is 11.6 Å². The second-order valence-corrected chi connectivity index (χ2v) is 5.02. The lowest BCUT2D eigenvalue weighted by Crippen LogP contribution is -2.18. The van der Waals surface area contributed by atoms with Gasteiger partial charge >= 0.3 is 0 Å². The molecule has 0 aromatic heterocycles. The van der Waals surface area contributed by atoms with Gasteiger partial charge in [-0.25, -0.2) is 5.43 Å². The van der Waals surface area contributed by atoms with E-state index in [4.69, 9.17) is 0 Å². The van der Waals surface area contributed by atoms with E-state index in [1.807, 2.05) is 79.7 Å². The summed E-state index contributed by atoms with van der Waals surface area (Å²) < 4.78 is 0. The molecule has 0 aliphatic rings. The van der Waals surface area contributed by atoms with Crippen molar-refractivity contribution in [2.75, 3.05) is 0 Å². The van der Waals surface area contributed by atoms with Crippen LogP contribution < -0.4 is 5.43 Å². The van der Waals surface area contributed by atoms with E-state index in [1.54, 1.807) is 0 Å². The Balaban J connectivity index is 1.78. The summed E-state index contributed by atoms with van der Waals surface area (Å²) in [7, 11) is 0. The Kier molecular flexibility index (Phi) is 6.12. The molecule has 3 heteroatoms. The summed E-state index contributed by atoms with van der Waals surface area (Å²) in [6.07, 6.45) is 5.01. The number of hydrogen-bond acceptors (Lipinski definition) is 2. The van der Waals surface area contributed by atoms with Crippen molar-refractivity contribution in [1.82, 2.24) is 5.43 Å². The van der Waals surface area contributed by atoms with Crippen molar-refractivity contribution >= 4 is 17.7 Å². The fourth-order valence-corrected chi connectivity index (χ4v) is 1.93. The molecule has 0 bridgehead atoms. The number of rotatable bonds is 6. The molecule has 0 fully saturated rings. The van der Waals surface area contributed by atoms with Crippen molar-refractivity contribution in [3.8, 4) is 0 Å². The van der Waals surface area contributed by atoms with Gasteiger partial charge in [0.05, 0.1) is 5.71 Å². The number of carbonyl (C=O) groups is 1. The molecule has 0 atom stereocenters. The van der Waals surface area contributed by atoms with Gasteiger partial charge < -0.3 is 0 Å². The highest BCUT2D eigenvalue weighted by Gasteiger charge is 2.00. The van der Waals surface area contributed by atoms with Gasteiger partial charge in [-0.2, -0.15) is 5.10 Å². The summed E-state index contributed by atoms with van der Waals surface area (Å²) in [6, 6.07) is 19.9. The zero-order chi connectivity index (χ0) is 15.6. The molecule has 0 saturated carbocycles. The molecule has 1 N–H and O–H groups in total. The van der Waals surface area contributed by atoms with E-state index in [0.29, 0.717) is 6.42 Å². The normalized spacial score (nSPS) is 11.6. The molecule has 22 heavy (non-hydrogen) atoms. The van der Waals surface area contributed by atoms with Crippen LogP contribution in [0, 0.1) is 0 Å². The Morgan fingerprint density at radius 1 is 1.05 bits per heavy atom. The van der Waals surface area contributed by atoms with Crippen LogP contribution >= 0.6 is 0 Å². The summed E-state index contributed by atoms with van der Waals surface area (Å²) >= 11 is 0. The Bertz CT molecular complexity index is 646. The van der Waals surface area contributed by atoms with E-state index in [2.05, 4.69) is 10.5 Å². The quantitative estimate of drug-likeness (QED) is 0.638. The average molecular weight is 292 g/mol. The van der Waals surface area contributed by atoms with Crippen molar-refractivity contribution in [3.05, 3.63) is 77.9 Å². The minimum Gasteiger partial charge on any atom is -0.273 e. The largest absolute Gasteiger partial charge is 0.273 e. The van der Waals surface area contributed by atoms with Gasteiger partial charge in [0, 0.05) is 6.42 Å². The molecule has 2 rings (SSSR count). The predicted molar refractivity (Wildman–Crippen MR) is 91.5 cm³/mol. The van der Waals surface area contributed by atoms with Crippen LogP contribution in [0.4, 0.5) is 0 Å². The lowest BCUT2D eigenvalue weighted by molar-refractivity contribution is -0.121. The summed E-state index contributed by atoms with van der Waals surface area (Å²) in [4.78, 5) is 11.8. The fourth-order valence-electron chi connectivity index (χ4n) is 1.93. The number of hydrazone groups is 1. The number of nitrogens with zero attached hydrogens (tertiary/aromatic N) is 1. The van der Waals surface area contributed by atoms with Crippen LogP contribution in [0.5, 0.6) is 0 Å². The van der Waals surface area contributed by atoms with Gasteiger partial charge in [-0.3, -0.25) is 4.79 Å². The van der Waals surface area contributed by atoms with Crippen LogP contribution in [0.1, 0.15) is 24.5 Å². The van der Waals surface area contributed by atoms with Crippen molar-refractivity contribution in [2.45, 2.75) is 19.8 Å². The standard InChI is InChI=1S/C19H20N2O/c1-16(12-13-17-8-4-2-5-9-17)20-21-19(22)15-14-18-10-6-3-7-11-18/h2-13H,14-15H2,1H3,(H,21,22). The van der Waals surface area contributed by atoms with Crippen molar-refractivity contribution in [2.24, 2.45) is 5.10 Å². The van der Waals surface area contributed by atoms with Crippen LogP contribution in [0.3, 0.4) is 0 Å². The summed E-state index contributed by atoms with van der Waals surface area (Å²) in [5.74, 6) is -0.0729. The smallest absolute Gasteiger partial charge is 0.240 e. The van der Waals surface area contributed by atoms with Crippen molar-refractivity contribution < 1.29 is 4.79 Å². The molecule has 0 spiro atoms. The minimum absolute atomic E-state index is 0.0729. The molecule has 1 amide bonds. The minimum atomic E-state index is -0.0729. The molecule has 0 aliphatic carbocycles. The zero-order valence-electron chi connectivity index (χ0n) is 12.7. The molecule has 0 unspecified atom stereocenters. The second kappa shape index (κ2) is 8.57. The Morgan fingerprint density at radius 3 is 2.36 bits per heavy atom. The molecule has 3 nitrogen and oxygen atoms in total. The first-order valence-corrected chi connectivity index (χ1v) is 7.34. The topological polar surface area (TPSA) is 41.5 Å². The van der Waals surface area contributed by atoms with Crippen molar-refractivity contribution in [1.29, 1.82) is 0 Å². The van der Waals surface area contributed by atoms with Gasteiger partial charge in [0.1, 0.15) is 0 Å². The molecule has 0 radical (unpaired) electrons. The van der Waals surface area contributed by atoms with Gasteiger partial charge in [-0.05, 0) is 30.5 Å². The van der Waals surface area contributed by atoms with Gasteiger partial charge in [0.15, 0.2) is 0 Å². The SMILES string of the molecule is CC(C=Cc1ccccc1)=NNC(=O)CCc1ccccc1. The number of allylic oxidation sites excluding steroid dienone is 1. The number of aryl methyl sites for hydroxylation is 1.